The molecule has 206 valence electrons. The van der Waals surface area contributed by atoms with Gasteiger partial charge in [0.25, 0.3) is 0 Å². The van der Waals surface area contributed by atoms with Crippen molar-refractivity contribution < 1.29 is 27.4 Å². The third kappa shape index (κ3) is 4.28. The molecular formula is C26H34N4O6S2. The van der Waals surface area contributed by atoms with Crippen molar-refractivity contribution in [2.45, 2.75) is 81.0 Å². The maximum atomic E-state index is 13.6. The predicted octanol–water partition coefficient (Wildman–Crippen LogP) is 3.54. The van der Waals surface area contributed by atoms with Crippen LogP contribution in [0.1, 0.15) is 46.0 Å². The van der Waals surface area contributed by atoms with E-state index in [1.807, 2.05) is 13.8 Å². The number of amides is 1. The Kier molecular flexibility index (Phi) is 5.94. The second kappa shape index (κ2) is 9.02. The number of carbonyl (C=O) groups is 1. The number of fused-ring (bicyclic) bond motifs is 2. The van der Waals surface area contributed by atoms with Crippen LogP contribution in [0.15, 0.2) is 23.1 Å². The molecule has 12 heteroatoms. The van der Waals surface area contributed by atoms with E-state index in [0.29, 0.717) is 38.0 Å². The molecule has 1 aromatic carbocycles. The highest BCUT2D eigenvalue weighted by molar-refractivity contribution is 7.89. The fraction of sp³-hybridized carbons (Fsp3) is 0.692. The van der Waals surface area contributed by atoms with Crippen molar-refractivity contribution in [3.63, 3.8) is 0 Å². The normalized spacial score (nSPS) is 32.8. The first-order chi connectivity index (χ1) is 18.2. The number of alkyl carbamates (subject to hydrolysis) is 1. The van der Waals surface area contributed by atoms with Gasteiger partial charge in [-0.3, -0.25) is 0 Å². The van der Waals surface area contributed by atoms with Gasteiger partial charge in [-0.15, -0.1) is 0 Å². The number of nitrogens with one attached hydrogen (secondary N) is 2. The number of sulfonamides is 1. The Morgan fingerprint density at radius 3 is 2.95 bits per heavy atom. The lowest BCUT2D eigenvalue weighted by Crippen LogP contribution is -2.52. The molecule has 6 atom stereocenters. The SMILES string of the molecule is CC(C)CN(CCCNC(=O)OC1C2CC3C(O2)OC32CC12)S(=O)(=O)c1ccc2nc(NC3CC3)sc2c1. The van der Waals surface area contributed by atoms with Crippen LogP contribution in [0.3, 0.4) is 0 Å². The van der Waals surface area contributed by atoms with Crippen molar-refractivity contribution >= 4 is 42.8 Å². The van der Waals surface area contributed by atoms with E-state index in [2.05, 4.69) is 15.6 Å². The Labute approximate surface area is 226 Å². The molecule has 3 aliphatic carbocycles. The zero-order valence-corrected chi connectivity index (χ0v) is 23.2. The summed E-state index contributed by atoms with van der Waals surface area (Å²) in [5.74, 6) is 0.858. The zero-order valence-electron chi connectivity index (χ0n) is 21.6. The lowest BCUT2D eigenvalue weighted by atomic mass is 9.81. The van der Waals surface area contributed by atoms with Crippen LogP contribution < -0.4 is 10.6 Å². The molecule has 3 heterocycles. The summed E-state index contributed by atoms with van der Waals surface area (Å²) in [7, 11) is -3.71. The lowest BCUT2D eigenvalue weighted by molar-refractivity contribution is -0.279. The standard InChI is InChI=1S/C26H34N4O6S2/c1-14(2)13-30(38(32,33)16-6-7-19-21(10-16)37-24(29-19)28-15-4-5-15)9-3-8-27-25(31)35-22-18-12-26(18)17-11-20(22)34-23(17)36-26/h6-7,10,14-15,17-18,20,22-23H,3-5,8-9,11-13H2,1-2H3,(H,27,31)(H,28,29). The van der Waals surface area contributed by atoms with E-state index >= 15 is 0 Å². The molecule has 10 nitrogen and oxygen atoms in total. The Morgan fingerprint density at radius 1 is 1.32 bits per heavy atom. The van der Waals surface area contributed by atoms with Crippen molar-refractivity contribution in [3.05, 3.63) is 18.2 Å². The van der Waals surface area contributed by atoms with Crippen LogP contribution in [0.4, 0.5) is 9.93 Å². The summed E-state index contributed by atoms with van der Waals surface area (Å²) in [5.41, 5.74) is 0.693. The zero-order chi connectivity index (χ0) is 26.2. The van der Waals surface area contributed by atoms with Crippen LogP contribution in [0.2, 0.25) is 0 Å². The number of ether oxygens (including phenoxy) is 3. The minimum atomic E-state index is -3.71. The number of nitrogens with zero attached hydrogens (tertiary/aromatic N) is 2. The first-order valence-electron chi connectivity index (χ1n) is 13.7. The molecule has 6 unspecified atom stereocenters. The Bertz CT molecular complexity index is 1360. The molecule has 2 aromatic rings. The van der Waals surface area contributed by atoms with E-state index in [1.165, 1.54) is 15.6 Å². The largest absolute Gasteiger partial charge is 0.443 e. The third-order valence-electron chi connectivity index (χ3n) is 8.42. The molecule has 1 amide bonds. The number of hydrogen-bond donors (Lipinski definition) is 2. The Hall–Kier alpha value is -1.99. The predicted molar refractivity (Wildman–Crippen MR) is 141 cm³/mol. The van der Waals surface area contributed by atoms with Gasteiger partial charge in [0.15, 0.2) is 11.4 Å². The van der Waals surface area contributed by atoms with E-state index in [-0.39, 0.29) is 40.8 Å². The average molecular weight is 563 g/mol. The summed E-state index contributed by atoms with van der Waals surface area (Å²) in [5, 5.41) is 7.03. The summed E-state index contributed by atoms with van der Waals surface area (Å²) >= 11 is 1.49. The van der Waals surface area contributed by atoms with E-state index in [9.17, 15) is 13.2 Å². The van der Waals surface area contributed by atoms with Crippen LogP contribution in [0, 0.1) is 17.8 Å². The highest BCUT2D eigenvalue weighted by atomic mass is 32.2. The second-order valence-corrected chi connectivity index (χ2v) is 14.7. The molecule has 2 N–H and O–H groups in total. The van der Waals surface area contributed by atoms with Crippen molar-refractivity contribution in [3.8, 4) is 0 Å². The summed E-state index contributed by atoms with van der Waals surface area (Å²) in [6.07, 6.45) is 3.68. The van der Waals surface area contributed by atoms with Crippen molar-refractivity contribution in [2.75, 3.05) is 25.0 Å². The average Bonchev–Trinajstić information content (AvgIpc) is 3.75. The van der Waals surface area contributed by atoms with Gasteiger partial charge in [0, 0.05) is 37.5 Å². The summed E-state index contributed by atoms with van der Waals surface area (Å²) in [4.78, 5) is 17.4. The van der Waals surface area contributed by atoms with Crippen LogP contribution in [0.25, 0.3) is 10.2 Å². The first-order valence-corrected chi connectivity index (χ1v) is 15.9. The molecule has 7 rings (SSSR count). The smallest absolute Gasteiger partial charge is 0.407 e. The quantitative estimate of drug-likeness (QED) is 0.399. The fourth-order valence-corrected chi connectivity index (χ4v) is 9.06. The van der Waals surface area contributed by atoms with Crippen molar-refractivity contribution in [1.29, 1.82) is 0 Å². The number of anilines is 1. The minimum absolute atomic E-state index is 0.0815. The molecule has 2 saturated heterocycles. The molecule has 3 saturated carbocycles. The summed E-state index contributed by atoms with van der Waals surface area (Å²) in [6, 6.07) is 5.63. The Balaban J connectivity index is 0.955. The second-order valence-electron chi connectivity index (χ2n) is 11.7. The number of carbonyl (C=O) groups excluding carboxylic acids is 1. The maximum absolute atomic E-state index is 13.6. The van der Waals surface area contributed by atoms with Crippen LogP contribution in [-0.4, -0.2) is 73.6 Å². The van der Waals surface area contributed by atoms with E-state index in [1.54, 1.807) is 18.2 Å². The molecule has 38 heavy (non-hydrogen) atoms. The molecule has 0 radical (unpaired) electrons. The number of hydrogen-bond acceptors (Lipinski definition) is 9. The Morgan fingerprint density at radius 2 is 2.16 bits per heavy atom. The molecule has 5 fully saturated rings. The van der Waals surface area contributed by atoms with Crippen molar-refractivity contribution in [1.82, 2.24) is 14.6 Å². The van der Waals surface area contributed by atoms with Gasteiger partial charge in [-0.05, 0) is 56.2 Å². The molecule has 1 spiro atoms. The van der Waals surface area contributed by atoms with E-state index in [0.717, 1.165) is 41.0 Å². The number of aromatic nitrogens is 1. The summed E-state index contributed by atoms with van der Waals surface area (Å²) < 4.78 is 47.1. The maximum Gasteiger partial charge on any atom is 0.407 e. The van der Waals surface area contributed by atoms with Gasteiger partial charge in [0.1, 0.15) is 6.10 Å². The minimum Gasteiger partial charge on any atom is -0.443 e. The highest BCUT2D eigenvalue weighted by Gasteiger charge is 2.80. The molecular weight excluding hydrogens is 528 g/mol. The van der Waals surface area contributed by atoms with Gasteiger partial charge in [0.05, 0.1) is 26.8 Å². The van der Waals surface area contributed by atoms with Crippen molar-refractivity contribution in [2.24, 2.45) is 17.8 Å². The van der Waals surface area contributed by atoms with Gasteiger partial charge < -0.3 is 24.8 Å². The molecule has 2 bridgehead atoms. The van der Waals surface area contributed by atoms with Gasteiger partial charge in [-0.2, -0.15) is 4.31 Å². The van der Waals surface area contributed by atoms with Crippen LogP contribution in [-0.2, 0) is 24.2 Å². The monoisotopic (exact) mass is 562 g/mol. The lowest BCUT2D eigenvalue weighted by Gasteiger charge is -2.41. The van der Waals surface area contributed by atoms with E-state index < -0.39 is 16.1 Å². The third-order valence-corrected chi connectivity index (χ3v) is 11.2. The molecule has 5 aliphatic rings. The van der Waals surface area contributed by atoms with Gasteiger partial charge in [0.2, 0.25) is 10.0 Å². The van der Waals surface area contributed by atoms with Gasteiger partial charge >= 0.3 is 6.09 Å². The first kappa shape index (κ1) is 25.0. The molecule has 1 aromatic heterocycles. The van der Waals surface area contributed by atoms with Gasteiger partial charge in [-0.1, -0.05) is 25.2 Å². The number of thiazole rings is 1. The van der Waals surface area contributed by atoms with Gasteiger partial charge in [-0.25, -0.2) is 18.2 Å². The topological polar surface area (TPSA) is 119 Å². The summed E-state index contributed by atoms with van der Waals surface area (Å²) in [6.45, 7) is 5.02. The van der Waals surface area contributed by atoms with Crippen LogP contribution >= 0.6 is 11.3 Å². The highest BCUT2D eigenvalue weighted by Crippen LogP contribution is 2.71. The number of benzene rings is 1. The number of rotatable bonds is 11. The fourth-order valence-electron chi connectivity index (χ4n) is 6.33. The molecule has 2 aliphatic heterocycles. The van der Waals surface area contributed by atoms with Crippen LogP contribution in [0.5, 0.6) is 0 Å². The van der Waals surface area contributed by atoms with E-state index in [4.69, 9.17) is 14.2 Å².